The maximum atomic E-state index is 13.2. The fraction of sp³-hybridized carbons (Fsp3) is 0.481. The van der Waals surface area contributed by atoms with E-state index < -0.39 is 6.04 Å². The maximum Gasteiger partial charge on any atom is 0.261 e. The summed E-state index contributed by atoms with van der Waals surface area (Å²) in [5, 5.41) is 3.86. The van der Waals surface area contributed by atoms with E-state index in [0.717, 1.165) is 42.4 Å². The van der Waals surface area contributed by atoms with E-state index in [-0.39, 0.29) is 24.5 Å². The molecule has 178 valence electrons. The molecule has 6 heteroatoms. The van der Waals surface area contributed by atoms with E-state index in [1.165, 1.54) is 6.42 Å². The molecule has 1 N–H and O–H groups in total. The molecule has 0 heterocycles. The molecule has 5 nitrogen and oxygen atoms in total. The molecule has 2 aromatic rings. The first kappa shape index (κ1) is 25.1. The number of ether oxygens (including phenoxy) is 1. The summed E-state index contributed by atoms with van der Waals surface area (Å²) in [5.41, 5.74) is 2.93. The van der Waals surface area contributed by atoms with Crippen molar-refractivity contribution in [1.29, 1.82) is 0 Å². The lowest BCUT2D eigenvalue weighted by atomic mass is 9.95. The first-order valence-electron chi connectivity index (χ1n) is 11.9. The van der Waals surface area contributed by atoms with Gasteiger partial charge in [-0.25, -0.2) is 0 Å². The van der Waals surface area contributed by atoms with Crippen LogP contribution in [0.25, 0.3) is 0 Å². The number of aryl methyl sites for hydroxylation is 2. The lowest BCUT2D eigenvalue weighted by Gasteiger charge is -2.31. The van der Waals surface area contributed by atoms with Crippen LogP contribution >= 0.6 is 11.6 Å². The molecule has 3 rings (SSSR count). The third-order valence-corrected chi connectivity index (χ3v) is 6.97. The van der Waals surface area contributed by atoms with Gasteiger partial charge in [0, 0.05) is 17.6 Å². The van der Waals surface area contributed by atoms with E-state index in [1.54, 1.807) is 11.8 Å². The molecule has 0 saturated heterocycles. The summed E-state index contributed by atoms with van der Waals surface area (Å²) in [6, 6.07) is 13.3. The molecule has 0 unspecified atom stereocenters. The number of carbonyl (C=O) groups excluding carboxylic acids is 2. The minimum atomic E-state index is -0.569. The molecule has 33 heavy (non-hydrogen) atoms. The van der Waals surface area contributed by atoms with E-state index in [4.69, 9.17) is 16.3 Å². The molecule has 2 aromatic carbocycles. The van der Waals surface area contributed by atoms with Crippen molar-refractivity contribution in [2.24, 2.45) is 0 Å². The van der Waals surface area contributed by atoms with Gasteiger partial charge < -0.3 is 15.0 Å². The van der Waals surface area contributed by atoms with Gasteiger partial charge in [0.1, 0.15) is 11.8 Å². The van der Waals surface area contributed by atoms with Crippen LogP contribution < -0.4 is 10.1 Å². The van der Waals surface area contributed by atoms with Crippen LogP contribution in [0.5, 0.6) is 5.75 Å². The second kappa shape index (κ2) is 12.1. The summed E-state index contributed by atoms with van der Waals surface area (Å²) < 4.78 is 5.82. The van der Waals surface area contributed by atoms with Crippen molar-refractivity contribution < 1.29 is 14.3 Å². The third kappa shape index (κ3) is 7.23. The Kier molecular flexibility index (Phi) is 9.19. The molecule has 0 radical (unpaired) electrons. The predicted octanol–water partition coefficient (Wildman–Crippen LogP) is 5.24. The number of halogens is 1. The van der Waals surface area contributed by atoms with Crippen LogP contribution in [-0.4, -0.2) is 41.9 Å². The van der Waals surface area contributed by atoms with Crippen LogP contribution in [-0.2, 0) is 16.0 Å². The third-order valence-electron chi connectivity index (χ3n) is 6.38. The zero-order chi connectivity index (χ0) is 23.8. The van der Waals surface area contributed by atoms with Crippen LogP contribution in [0.3, 0.4) is 0 Å². The average Bonchev–Trinajstić information content (AvgIpc) is 2.82. The number of hydrogen-bond donors (Lipinski definition) is 1. The first-order chi connectivity index (χ1) is 15.8. The molecule has 0 aromatic heterocycles. The topological polar surface area (TPSA) is 58.6 Å². The summed E-state index contributed by atoms with van der Waals surface area (Å²) in [6.07, 6.45) is 6.20. The minimum absolute atomic E-state index is 0.0958. The van der Waals surface area contributed by atoms with Gasteiger partial charge in [-0.3, -0.25) is 9.59 Å². The fourth-order valence-electron chi connectivity index (χ4n) is 4.36. The summed E-state index contributed by atoms with van der Waals surface area (Å²) >= 11 is 6.24. The van der Waals surface area contributed by atoms with Crippen LogP contribution in [0.2, 0.25) is 5.02 Å². The lowest BCUT2D eigenvalue weighted by molar-refractivity contribution is -0.141. The molecule has 1 fully saturated rings. The van der Waals surface area contributed by atoms with Crippen molar-refractivity contribution in [1.82, 2.24) is 10.2 Å². The second-order valence-corrected chi connectivity index (χ2v) is 9.38. The van der Waals surface area contributed by atoms with Crippen molar-refractivity contribution in [3.05, 3.63) is 64.2 Å². The summed E-state index contributed by atoms with van der Waals surface area (Å²) in [5.74, 6) is 0.300. The van der Waals surface area contributed by atoms with Gasteiger partial charge in [-0.05, 0) is 68.9 Å². The van der Waals surface area contributed by atoms with E-state index in [0.29, 0.717) is 23.7 Å². The smallest absolute Gasteiger partial charge is 0.261 e. The lowest BCUT2D eigenvalue weighted by Crippen LogP contribution is -2.52. The number of rotatable bonds is 9. The van der Waals surface area contributed by atoms with Crippen LogP contribution in [0, 0.1) is 13.8 Å². The van der Waals surface area contributed by atoms with Gasteiger partial charge in [-0.2, -0.15) is 0 Å². The van der Waals surface area contributed by atoms with E-state index in [1.807, 2.05) is 56.3 Å². The van der Waals surface area contributed by atoms with Crippen molar-refractivity contribution in [2.45, 2.75) is 71.4 Å². The van der Waals surface area contributed by atoms with Crippen LogP contribution in [0.4, 0.5) is 0 Å². The summed E-state index contributed by atoms with van der Waals surface area (Å²) in [6.45, 7) is 5.94. The first-order valence-corrected chi connectivity index (χ1v) is 12.3. The monoisotopic (exact) mass is 470 g/mol. The summed E-state index contributed by atoms with van der Waals surface area (Å²) in [7, 11) is 0. The molecule has 1 aliphatic carbocycles. The van der Waals surface area contributed by atoms with E-state index in [9.17, 15) is 9.59 Å². The highest BCUT2D eigenvalue weighted by Crippen LogP contribution is 2.26. The second-order valence-electron chi connectivity index (χ2n) is 9.00. The molecule has 0 aliphatic heterocycles. The Labute approximate surface area is 202 Å². The quantitative estimate of drug-likeness (QED) is 0.544. The minimum Gasteiger partial charge on any atom is -0.484 e. The molecule has 0 bridgehead atoms. The molecule has 2 amide bonds. The number of amides is 2. The van der Waals surface area contributed by atoms with Crippen molar-refractivity contribution in [2.75, 3.05) is 13.2 Å². The Morgan fingerprint density at radius 3 is 2.36 bits per heavy atom. The Hall–Kier alpha value is -2.53. The van der Waals surface area contributed by atoms with Gasteiger partial charge in [-0.1, -0.05) is 61.2 Å². The van der Waals surface area contributed by atoms with E-state index >= 15 is 0 Å². The zero-order valence-electron chi connectivity index (χ0n) is 19.9. The predicted molar refractivity (Wildman–Crippen MR) is 133 cm³/mol. The maximum absolute atomic E-state index is 13.2. The van der Waals surface area contributed by atoms with Gasteiger partial charge in [0.15, 0.2) is 6.61 Å². The highest BCUT2D eigenvalue weighted by atomic mass is 35.5. The Balaban J connectivity index is 1.67. The van der Waals surface area contributed by atoms with Crippen molar-refractivity contribution in [3.63, 3.8) is 0 Å². The number of nitrogens with one attached hydrogen (secondary N) is 1. The van der Waals surface area contributed by atoms with Gasteiger partial charge in [0.05, 0.1) is 0 Å². The highest BCUT2D eigenvalue weighted by molar-refractivity contribution is 6.32. The number of nitrogens with zero attached hydrogens (tertiary/aromatic N) is 1. The highest BCUT2D eigenvalue weighted by Gasteiger charge is 2.28. The van der Waals surface area contributed by atoms with Crippen LogP contribution in [0.15, 0.2) is 42.5 Å². The van der Waals surface area contributed by atoms with Crippen molar-refractivity contribution in [3.8, 4) is 5.75 Å². The van der Waals surface area contributed by atoms with Gasteiger partial charge in [-0.15, -0.1) is 0 Å². The largest absolute Gasteiger partial charge is 0.484 e. The van der Waals surface area contributed by atoms with E-state index in [2.05, 4.69) is 5.32 Å². The molecule has 1 atom stereocenters. The zero-order valence-corrected chi connectivity index (χ0v) is 20.7. The standard InChI is InChI=1S/C27H35ClN2O3/c1-19-16-24(17-20(2)26(19)28)33-18-25(31)30(15-14-22-10-6-4-7-11-22)21(3)27(32)29-23-12-8-5-9-13-23/h4,6-7,10-11,16-17,21,23H,5,8-9,12-15,18H2,1-3H3,(H,29,32)/t21-/m1/s1. The van der Waals surface area contributed by atoms with Crippen molar-refractivity contribution >= 4 is 23.4 Å². The average molecular weight is 471 g/mol. The number of carbonyl (C=O) groups is 2. The Morgan fingerprint density at radius 1 is 1.09 bits per heavy atom. The SMILES string of the molecule is Cc1cc(OCC(=O)N(CCc2ccccc2)[C@H](C)C(=O)NC2CCCCC2)cc(C)c1Cl. The normalized spacial score (nSPS) is 15.0. The molecular weight excluding hydrogens is 436 g/mol. The molecule has 1 aliphatic rings. The molecule has 1 saturated carbocycles. The number of hydrogen-bond acceptors (Lipinski definition) is 3. The Morgan fingerprint density at radius 2 is 1.73 bits per heavy atom. The van der Waals surface area contributed by atoms with Gasteiger partial charge in [0.25, 0.3) is 5.91 Å². The Bertz CT molecular complexity index is 919. The van der Waals surface area contributed by atoms with Gasteiger partial charge in [0.2, 0.25) is 5.91 Å². The van der Waals surface area contributed by atoms with Gasteiger partial charge >= 0.3 is 0 Å². The summed E-state index contributed by atoms with van der Waals surface area (Å²) in [4.78, 5) is 27.9. The fourth-order valence-corrected chi connectivity index (χ4v) is 4.47. The molecular formula is C27H35ClN2O3. The number of benzene rings is 2. The van der Waals surface area contributed by atoms with Crippen LogP contribution in [0.1, 0.15) is 55.7 Å². The molecule has 0 spiro atoms.